The number of hydrogen-bond donors (Lipinski definition) is 1. The summed E-state index contributed by atoms with van der Waals surface area (Å²) in [5, 5.41) is 9.15. The van der Waals surface area contributed by atoms with E-state index in [0.717, 1.165) is 0 Å². The SMILES string of the molecule is CCC1COCCN1S(=O)(=O)c1ccc(CO)cc1OC. The highest BCUT2D eigenvalue weighted by atomic mass is 32.2. The summed E-state index contributed by atoms with van der Waals surface area (Å²) >= 11 is 0. The molecule has 0 saturated carbocycles. The number of ether oxygens (including phenoxy) is 2. The van der Waals surface area contributed by atoms with E-state index in [2.05, 4.69) is 0 Å². The molecule has 7 heteroatoms. The predicted octanol–water partition coefficient (Wildman–Crippen LogP) is 0.987. The lowest BCUT2D eigenvalue weighted by Crippen LogP contribution is -2.48. The zero-order valence-electron chi connectivity index (χ0n) is 12.3. The highest BCUT2D eigenvalue weighted by Crippen LogP contribution is 2.30. The second kappa shape index (κ2) is 6.74. The summed E-state index contributed by atoms with van der Waals surface area (Å²) in [4.78, 5) is 0.127. The van der Waals surface area contributed by atoms with Crippen molar-refractivity contribution in [3.05, 3.63) is 23.8 Å². The molecule has 1 atom stereocenters. The molecule has 1 aromatic rings. The van der Waals surface area contributed by atoms with Crippen LogP contribution in [0.25, 0.3) is 0 Å². The van der Waals surface area contributed by atoms with E-state index >= 15 is 0 Å². The van der Waals surface area contributed by atoms with Gasteiger partial charge in [0.15, 0.2) is 0 Å². The van der Waals surface area contributed by atoms with Gasteiger partial charge in [-0.3, -0.25) is 0 Å². The molecule has 1 fully saturated rings. The molecule has 1 N–H and O–H groups in total. The Labute approximate surface area is 125 Å². The zero-order valence-corrected chi connectivity index (χ0v) is 13.1. The van der Waals surface area contributed by atoms with Crippen LogP contribution in [0, 0.1) is 0 Å². The number of aliphatic hydroxyl groups excluding tert-OH is 1. The van der Waals surface area contributed by atoms with Crippen LogP contribution < -0.4 is 4.74 Å². The van der Waals surface area contributed by atoms with E-state index in [4.69, 9.17) is 14.6 Å². The third-order valence-corrected chi connectivity index (χ3v) is 5.63. The van der Waals surface area contributed by atoms with Gasteiger partial charge in [-0.1, -0.05) is 13.0 Å². The summed E-state index contributed by atoms with van der Waals surface area (Å²) in [5.41, 5.74) is 0.611. The van der Waals surface area contributed by atoms with Crippen LogP contribution in [0.4, 0.5) is 0 Å². The Morgan fingerprint density at radius 2 is 2.24 bits per heavy atom. The number of rotatable bonds is 5. The van der Waals surface area contributed by atoms with Gasteiger partial charge in [0.25, 0.3) is 0 Å². The first-order valence-electron chi connectivity index (χ1n) is 6.92. The van der Waals surface area contributed by atoms with Crippen LogP contribution in [0.5, 0.6) is 5.75 Å². The molecule has 0 spiro atoms. The normalized spacial score (nSPS) is 20.4. The molecule has 1 unspecified atom stereocenters. The monoisotopic (exact) mass is 315 g/mol. The molecule has 1 heterocycles. The lowest BCUT2D eigenvalue weighted by atomic mass is 10.2. The number of morpholine rings is 1. The van der Waals surface area contributed by atoms with E-state index in [9.17, 15) is 8.42 Å². The van der Waals surface area contributed by atoms with Gasteiger partial charge in [-0.05, 0) is 24.1 Å². The molecule has 1 aliphatic heterocycles. The van der Waals surface area contributed by atoms with Crippen molar-refractivity contribution in [1.29, 1.82) is 0 Å². The van der Waals surface area contributed by atoms with Gasteiger partial charge in [-0.2, -0.15) is 4.31 Å². The molecule has 1 aromatic carbocycles. The smallest absolute Gasteiger partial charge is 0.247 e. The average molecular weight is 315 g/mol. The summed E-state index contributed by atoms with van der Waals surface area (Å²) in [6.07, 6.45) is 0.691. The fourth-order valence-electron chi connectivity index (χ4n) is 2.43. The molecule has 118 valence electrons. The molecular weight excluding hydrogens is 294 g/mol. The largest absolute Gasteiger partial charge is 0.495 e. The molecule has 0 bridgehead atoms. The van der Waals surface area contributed by atoms with Gasteiger partial charge in [-0.15, -0.1) is 0 Å². The third kappa shape index (κ3) is 3.21. The maximum Gasteiger partial charge on any atom is 0.247 e. The molecular formula is C14H21NO5S. The van der Waals surface area contributed by atoms with E-state index < -0.39 is 10.0 Å². The molecule has 0 aliphatic carbocycles. The Balaban J connectivity index is 2.43. The van der Waals surface area contributed by atoms with Crippen molar-refractivity contribution < 1.29 is 23.0 Å². The Morgan fingerprint density at radius 1 is 1.48 bits per heavy atom. The summed E-state index contributed by atoms with van der Waals surface area (Å²) in [6, 6.07) is 4.47. The van der Waals surface area contributed by atoms with Crippen LogP contribution in [-0.4, -0.2) is 50.7 Å². The first kappa shape index (κ1) is 16.2. The number of sulfonamides is 1. The fourth-order valence-corrected chi connectivity index (χ4v) is 4.23. The summed E-state index contributed by atoms with van der Waals surface area (Å²) < 4.78 is 37.7. The van der Waals surface area contributed by atoms with Crippen molar-refractivity contribution in [1.82, 2.24) is 4.31 Å². The minimum Gasteiger partial charge on any atom is -0.495 e. The van der Waals surface area contributed by atoms with Gasteiger partial charge in [-0.25, -0.2) is 8.42 Å². The molecule has 0 radical (unpaired) electrons. The van der Waals surface area contributed by atoms with Crippen LogP contribution in [-0.2, 0) is 21.4 Å². The Bertz CT molecular complexity index is 587. The van der Waals surface area contributed by atoms with Gasteiger partial charge in [0.2, 0.25) is 10.0 Å². The standard InChI is InChI=1S/C14H21NO5S/c1-3-12-10-20-7-6-15(12)21(17,18)14-5-4-11(9-16)8-13(14)19-2/h4-5,8,12,16H,3,6-7,9-10H2,1-2H3. The Hall–Kier alpha value is -1.15. The topological polar surface area (TPSA) is 76.1 Å². The van der Waals surface area contributed by atoms with Gasteiger partial charge in [0, 0.05) is 12.6 Å². The summed E-state index contributed by atoms with van der Waals surface area (Å²) in [6.45, 7) is 2.92. The van der Waals surface area contributed by atoms with Gasteiger partial charge < -0.3 is 14.6 Å². The van der Waals surface area contributed by atoms with Crippen LogP contribution in [0.15, 0.2) is 23.1 Å². The fraction of sp³-hybridized carbons (Fsp3) is 0.571. The number of nitrogens with zero attached hydrogens (tertiary/aromatic N) is 1. The van der Waals surface area contributed by atoms with E-state index in [1.165, 1.54) is 17.5 Å². The maximum absolute atomic E-state index is 12.9. The van der Waals surface area contributed by atoms with Gasteiger partial charge in [0.1, 0.15) is 10.6 Å². The third-order valence-electron chi connectivity index (χ3n) is 3.64. The first-order chi connectivity index (χ1) is 10.0. The molecule has 0 amide bonds. The minimum absolute atomic E-state index is 0.127. The highest BCUT2D eigenvalue weighted by molar-refractivity contribution is 7.89. The van der Waals surface area contributed by atoms with E-state index in [0.29, 0.717) is 31.7 Å². The highest BCUT2D eigenvalue weighted by Gasteiger charge is 2.34. The number of aliphatic hydroxyl groups is 1. The Morgan fingerprint density at radius 3 is 2.86 bits per heavy atom. The lowest BCUT2D eigenvalue weighted by Gasteiger charge is -2.34. The summed E-state index contributed by atoms with van der Waals surface area (Å²) in [7, 11) is -2.22. The van der Waals surface area contributed by atoms with Crippen LogP contribution in [0.2, 0.25) is 0 Å². The maximum atomic E-state index is 12.9. The lowest BCUT2D eigenvalue weighted by molar-refractivity contribution is 0.0313. The van der Waals surface area contributed by atoms with Crippen molar-refractivity contribution in [2.24, 2.45) is 0 Å². The van der Waals surface area contributed by atoms with Crippen molar-refractivity contribution in [3.8, 4) is 5.75 Å². The quantitative estimate of drug-likeness (QED) is 0.877. The second-order valence-electron chi connectivity index (χ2n) is 4.90. The predicted molar refractivity (Wildman–Crippen MR) is 77.7 cm³/mol. The van der Waals surface area contributed by atoms with Crippen molar-refractivity contribution in [3.63, 3.8) is 0 Å². The van der Waals surface area contributed by atoms with Crippen LogP contribution >= 0.6 is 0 Å². The molecule has 21 heavy (non-hydrogen) atoms. The van der Waals surface area contributed by atoms with Gasteiger partial charge >= 0.3 is 0 Å². The summed E-state index contributed by atoms with van der Waals surface area (Å²) in [5.74, 6) is 0.253. The van der Waals surface area contributed by atoms with E-state index in [1.54, 1.807) is 12.1 Å². The average Bonchev–Trinajstić information content (AvgIpc) is 2.53. The molecule has 2 rings (SSSR count). The second-order valence-corrected chi connectivity index (χ2v) is 6.76. The van der Waals surface area contributed by atoms with E-state index in [1.807, 2.05) is 6.92 Å². The van der Waals surface area contributed by atoms with Crippen molar-refractivity contribution in [2.75, 3.05) is 26.9 Å². The van der Waals surface area contributed by atoms with Crippen molar-refractivity contribution >= 4 is 10.0 Å². The van der Waals surface area contributed by atoms with Gasteiger partial charge in [0.05, 0.1) is 26.9 Å². The number of methoxy groups -OCH3 is 1. The minimum atomic E-state index is -3.64. The number of benzene rings is 1. The molecule has 1 aliphatic rings. The molecule has 0 aromatic heterocycles. The zero-order chi connectivity index (χ0) is 15.5. The first-order valence-corrected chi connectivity index (χ1v) is 8.36. The van der Waals surface area contributed by atoms with Crippen molar-refractivity contribution in [2.45, 2.75) is 30.9 Å². The Kier molecular flexibility index (Phi) is 5.21. The number of hydrogen-bond acceptors (Lipinski definition) is 5. The molecule has 6 nitrogen and oxygen atoms in total. The van der Waals surface area contributed by atoms with Crippen LogP contribution in [0.1, 0.15) is 18.9 Å². The van der Waals surface area contributed by atoms with Crippen LogP contribution in [0.3, 0.4) is 0 Å². The van der Waals surface area contributed by atoms with E-state index in [-0.39, 0.29) is 23.3 Å². The molecule has 1 saturated heterocycles.